The number of methoxy groups -OCH3 is 1. The number of ether oxygens (including phenoxy) is 3. The van der Waals surface area contributed by atoms with E-state index in [4.69, 9.17) is 18.6 Å². The molecule has 0 saturated carbocycles. The first-order chi connectivity index (χ1) is 19.5. The Hall–Kier alpha value is -3.74. The summed E-state index contributed by atoms with van der Waals surface area (Å²) in [5.74, 6) is 0.655. The minimum Gasteiger partial charge on any atom is -0.496 e. The maximum absolute atomic E-state index is 14.2. The molecule has 2 fully saturated rings. The van der Waals surface area contributed by atoms with Gasteiger partial charge in [-0.1, -0.05) is 18.2 Å². The molecule has 11 nitrogen and oxygen atoms in total. The van der Waals surface area contributed by atoms with Gasteiger partial charge in [-0.3, -0.25) is 14.2 Å². The van der Waals surface area contributed by atoms with E-state index in [1.807, 2.05) is 31.2 Å². The fraction of sp³-hybridized carbons (Fsp3) is 0.429. The highest BCUT2D eigenvalue weighted by atomic mass is 32.1. The second kappa shape index (κ2) is 11.0. The Labute approximate surface area is 233 Å². The predicted octanol–water partition coefficient (Wildman–Crippen LogP) is 3.19. The summed E-state index contributed by atoms with van der Waals surface area (Å²) in [5.41, 5.74) is 0.376. The van der Waals surface area contributed by atoms with E-state index in [2.05, 4.69) is 10.3 Å². The quantitative estimate of drug-likeness (QED) is 0.345. The zero-order valence-electron chi connectivity index (χ0n) is 22.3. The predicted molar refractivity (Wildman–Crippen MR) is 148 cm³/mol. The van der Waals surface area contributed by atoms with Crippen LogP contribution >= 0.6 is 11.3 Å². The van der Waals surface area contributed by atoms with Crippen molar-refractivity contribution in [2.24, 2.45) is 0 Å². The molecule has 210 valence electrons. The molecular weight excluding hydrogens is 536 g/mol. The van der Waals surface area contributed by atoms with Gasteiger partial charge >= 0.3 is 5.69 Å². The summed E-state index contributed by atoms with van der Waals surface area (Å²) < 4.78 is 26.0. The highest BCUT2D eigenvalue weighted by Gasteiger charge is 2.33. The number of amides is 1. The lowest BCUT2D eigenvalue weighted by atomic mass is 10.1. The minimum absolute atomic E-state index is 0.0747. The molecular formula is C28H30N4O7S. The molecule has 3 aromatic heterocycles. The van der Waals surface area contributed by atoms with Crippen molar-refractivity contribution in [3.8, 4) is 16.5 Å². The number of aryl methyl sites for hydroxylation is 1. The molecule has 0 spiro atoms. The maximum atomic E-state index is 14.2. The highest BCUT2D eigenvalue weighted by molar-refractivity contribution is 7.22. The van der Waals surface area contributed by atoms with E-state index >= 15 is 0 Å². The van der Waals surface area contributed by atoms with Crippen molar-refractivity contribution in [1.29, 1.82) is 0 Å². The monoisotopic (exact) mass is 566 g/mol. The van der Waals surface area contributed by atoms with Gasteiger partial charge in [0.2, 0.25) is 11.8 Å². The van der Waals surface area contributed by atoms with Crippen molar-refractivity contribution in [2.45, 2.75) is 51.0 Å². The molecule has 0 aliphatic carbocycles. The number of hydrogen-bond donors (Lipinski definition) is 1. The van der Waals surface area contributed by atoms with E-state index in [0.717, 1.165) is 23.0 Å². The Bertz CT molecular complexity index is 1650. The lowest BCUT2D eigenvalue weighted by molar-refractivity contribution is -0.122. The molecule has 40 heavy (non-hydrogen) atoms. The summed E-state index contributed by atoms with van der Waals surface area (Å²) in [6, 6.07) is 6.66. The average Bonchev–Trinajstić information content (AvgIpc) is 3.72. The van der Waals surface area contributed by atoms with Gasteiger partial charge in [0.15, 0.2) is 0 Å². The zero-order valence-corrected chi connectivity index (χ0v) is 23.1. The molecule has 2 atom stereocenters. The van der Waals surface area contributed by atoms with Gasteiger partial charge in [-0.15, -0.1) is 11.3 Å². The lowest BCUT2D eigenvalue weighted by Crippen LogP contribution is -2.44. The van der Waals surface area contributed by atoms with E-state index in [-0.39, 0.29) is 18.6 Å². The van der Waals surface area contributed by atoms with Crippen molar-refractivity contribution in [2.75, 3.05) is 26.9 Å². The highest BCUT2D eigenvalue weighted by Crippen LogP contribution is 2.37. The van der Waals surface area contributed by atoms with Gasteiger partial charge in [0.05, 0.1) is 36.2 Å². The third-order valence-corrected chi connectivity index (χ3v) is 8.86. The Morgan fingerprint density at radius 2 is 1.98 bits per heavy atom. The summed E-state index contributed by atoms with van der Waals surface area (Å²) in [6.45, 7) is 3.50. The number of aromatic nitrogens is 3. The third-order valence-electron chi connectivity index (χ3n) is 7.56. The van der Waals surface area contributed by atoms with Crippen LogP contribution in [0.3, 0.4) is 0 Å². The van der Waals surface area contributed by atoms with E-state index in [9.17, 15) is 14.4 Å². The second-order valence-corrected chi connectivity index (χ2v) is 10.9. The Morgan fingerprint density at radius 3 is 2.67 bits per heavy atom. The number of nitrogens with one attached hydrogen (secondary N) is 1. The van der Waals surface area contributed by atoms with Crippen LogP contribution in [-0.2, 0) is 20.8 Å². The van der Waals surface area contributed by atoms with Crippen LogP contribution in [-0.4, -0.2) is 53.0 Å². The lowest BCUT2D eigenvalue weighted by Gasteiger charge is -2.29. The van der Waals surface area contributed by atoms with Crippen LogP contribution in [0.2, 0.25) is 0 Å². The molecule has 4 aromatic rings. The first-order valence-corrected chi connectivity index (χ1v) is 14.1. The van der Waals surface area contributed by atoms with Crippen LogP contribution in [0.15, 0.2) is 50.7 Å². The topological polar surface area (TPSA) is 127 Å². The number of nitrogens with zero attached hydrogens (tertiary/aromatic N) is 3. The minimum atomic E-state index is -0.888. The van der Waals surface area contributed by atoms with E-state index in [1.54, 1.807) is 11.7 Å². The number of benzene rings is 1. The molecule has 1 amide bonds. The Kier molecular flexibility index (Phi) is 7.30. The average molecular weight is 567 g/mol. The van der Waals surface area contributed by atoms with Gasteiger partial charge < -0.3 is 23.9 Å². The zero-order chi connectivity index (χ0) is 27.8. The van der Waals surface area contributed by atoms with Crippen molar-refractivity contribution in [1.82, 2.24) is 19.4 Å². The number of rotatable bonds is 8. The summed E-state index contributed by atoms with van der Waals surface area (Å²) >= 11 is 1.27. The SMILES string of the molecule is COc1ccccc1[C@H](Cn1c(=O)n(C2CCNC2=O)c(=O)c2c(C)c(-c3ncco3)sc21)OC1CCOCC1. The van der Waals surface area contributed by atoms with Gasteiger partial charge in [-0.25, -0.2) is 14.3 Å². The summed E-state index contributed by atoms with van der Waals surface area (Å²) in [4.78, 5) is 46.1. The molecule has 2 aliphatic heterocycles. The number of thiophene rings is 1. The van der Waals surface area contributed by atoms with Gasteiger partial charge in [-0.05, 0) is 37.8 Å². The van der Waals surface area contributed by atoms with E-state index in [1.165, 1.54) is 23.8 Å². The van der Waals surface area contributed by atoms with Crippen LogP contribution in [0.5, 0.6) is 5.75 Å². The normalized spacial score (nSPS) is 18.8. The van der Waals surface area contributed by atoms with Crippen molar-refractivity contribution in [3.05, 3.63) is 68.7 Å². The van der Waals surface area contributed by atoms with E-state index < -0.39 is 23.4 Å². The number of para-hydroxylation sites is 1. The number of oxazole rings is 1. The summed E-state index contributed by atoms with van der Waals surface area (Å²) in [6.07, 6.45) is 4.16. The molecule has 2 saturated heterocycles. The van der Waals surface area contributed by atoms with Gasteiger partial charge in [0, 0.05) is 25.3 Å². The van der Waals surface area contributed by atoms with Crippen molar-refractivity contribution < 1.29 is 23.4 Å². The van der Waals surface area contributed by atoms with Crippen LogP contribution in [0.4, 0.5) is 0 Å². The fourth-order valence-corrected chi connectivity index (χ4v) is 6.77. The third kappa shape index (κ3) is 4.65. The molecule has 6 rings (SSSR count). The molecule has 1 N–H and O–H groups in total. The molecule has 0 bridgehead atoms. The van der Waals surface area contributed by atoms with Crippen LogP contribution < -0.4 is 21.3 Å². The van der Waals surface area contributed by atoms with Crippen LogP contribution in [0, 0.1) is 6.92 Å². The number of carbonyl (C=O) groups is 1. The number of hydrogen-bond acceptors (Lipinski definition) is 9. The first-order valence-electron chi connectivity index (χ1n) is 13.3. The first kappa shape index (κ1) is 26.5. The largest absolute Gasteiger partial charge is 0.496 e. The Balaban J connectivity index is 1.55. The van der Waals surface area contributed by atoms with E-state index in [0.29, 0.717) is 58.5 Å². The van der Waals surface area contributed by atoms with Crippen LogP contribution in [0.25, 0.3) is 21.0 Å². The molecule has 2 aliphatic rings. The van der Waals surface area contributed by atoms with Crippen molar-refractivity contribution >= 4 is 27.5 Å². The van der Waals surface area contributed by atoms with Gasteiger partial charge in [-0.2, -0.15) is 0 Å². The molecule has 1 aromatic carbocycles. The molecule has 1 unspecified atom stereocenters. The van der Waals surface area contributed by atoms with Gasteiger partial charge in [0.1, 0.15) is 29.0 Å². The standard InChI is InChI=1S/C28H30N4O7S/c1-16-22-26(34)32(19-7-10-29-24(19)33)28(35)31(27(22)40-23(16)25-30-11-14-38-25)15-21(39-17-8-12-37-13-9-17)18-5-3-4-6-20(18)36-2/h3-6,11,14,17,19,21H,7-10,12-13,15H2,1-2H3,(H,29,33)/t19?,21-/m0/s1. The smallest absolute Gasteiger partial charge is 0.332 e. The molecule has 12 heteroatoms. The fourth-order valence-electron chi connectivity index (χ4n) is 5.52. The number of carbonyl (C=O) groups excluding carboxylic acids is 1. The maximum Gasteiger partial charge on any atom is 0.332 e. The summed E-state index contributed by atoms with van der Waals surface area (Å²) in [5, 5.41) is 3.11. The van der Waals surface area contributed by atoms with Crippen molar-refractivity contribution in [3.63, 3.8) is 0 Å². The summed E-state index contributed by atoms with van der Waals surface area (Å²) in [7, 11) is 1.60. The van der Waals surface area contributed by atoms with Crippen LogP contribution in [0.1, 0.15) is 42.5 Å². The number of fused-ring (bicyclic) bond motifs is 1. The molecule has 0 radical (unpaired) electrons. The van der Waals surface area contributed by atoms with Gasteiger partial charge in [0.25, 0.3) is 5.56 Å². The molecule has 5 heterocycles. The Morgan fingerprint density at radius 1 is 1.18 bits per heavy atom. The second-order valence-electron chi connectivity index (χ2n) is 9.92.